The van der Waals surface area contributed by atoms with Gasteiger partial charge in [-0.15, -0.1) is 0 Å². The molecular formula is C28H28N2O4. The number of aryl methyl sites for hydroxylation is 1. The molecule has 6 nitrogen and oxygen atoms in total. The normalized spacial score (nSPS) is 17.2. The highest BCUT2D eigenvalue weighted by molar-refractivity contribution is 6.46. The van der Waals surface area contributed by atoms with Gasteiger partial charge in [0.15, 0.2) is 0 Å². The van der Waals surface area contributed by atoms with Gasteiger partial charge in [-0.25, -0.2) is 0 Å². The van der Waals surface area contributed by atoms with Gasteiger partial charge in [0.05, 0.1) is 18.2 Å². The minimum absolute atomic E-state index is 0.0726. The summed E-state index contributed by atoms with van der Waals surface area (Å²) >= 11 is 0. The van der Waals surface area contributed by atoms with Gasteiger partial charge in [-0.2, -0.15) is 0 Å². The van der Waals surface area contributed by atoms with E-state index in [-0.39, 0.29) is 17.9 Å². The standard InChI is InChI=1S/C28H28N2O4/c1-3-4-15-34-23-9-5-8-22(16-23)26(31)24-25(21-12-10-19(2)11-13-21)30(28(33)27(24)32)18-20-7-6-14-29-17-20/h5-14,16-17,25,31H,3-4,15,18H2,1-2H3. The van der Waals surface area contributed by atoms with Crippen molar-refractivity contribution in [1.29, 1.82) is 0 Å². The second-order valence-corrected chi connectivity index (χ2v) is 8.43. The number of pyridine rings is 1. The summed E-state index contributed by atoms with van der Waals surface area (Å²) in [5, 5.41) is 11.3. The van der Waals surface area contributed by atoms with E-state index in [9.17, 15) is 14.7 Å². The Morgan fingerprint density at radius 2 is 1.88 bits per heavy atom. The first-order chi connectivity index (χ1) is 16.5. The van der Waals surface area contributed by atoms with Crippen molar-refractivity contribution < 1.29 is 19.4 Å². The zero-order valence-electron chi connectivity index (χ0n) is 19.4. The monoisotopic (exact) mass is 456 g/mol. The average molecular weight is 457 g/mol. The van der Waals surface area contributed by atoms with Crippen LogP contribution in [-0.2, 0) is 16.1 Å². The lowest BCUT2D eigenvalue weighted by molar-refractivity contribution is -0.140. The second kappa shape index (κ2) is 10.3. The van der Waals surface area contributed by atoms with Gasteiger partial charge in [-0.3, -0.25) is 14.6 Å². The van der Waals surface area contributed by atoms with Crippen molar-refractivity contribution in [2.45, 2.75) is 39.3 Å². The maximum absolute atomic E-state index is 13.2. The molecule has 34 heavy (non-hydrogen) atoms. The molecule has 6 heteroatoms. The van der Waals surface area contributed by atoms with Crippen molar-refractivity contribution in [3.63, 3.8) is 0 Å². The molecule has 0 saturated carbocycles. The van der Waals surface area contributed by atoms with Gasteiger partial charge in [0.2, 0.25) is 0 Å². The van der Waals surface area contributed by atoms with Gasteiger partial charge in [0, 0.05) is 24.5 Å². The fourth-order valence-electron chi connectivity index (χ4n) is 4.05. The Morgan fingerprint density at radius 3 is 2.59 bits per heavy atom. The van der Waals surface area contributed by atoms with Crippen LogP contribution in [0.5, 0.6) is 5.75 Å². The van der Waals surface area contributed by atoms with Crippen molar-refractivity contribution in [3.05, 3.63) is 101 Å². The number of carbonyl (C=O) groups excluding carboxylic acids is 2. The Bertz CT molecular complexity index is 1200. The molecule has 3 aromatic rings. The lowest BCUT2D eigenvalue weighted by Gasteiger charge is -2.25. The van der Waals surface area contributed by atoms with E-state index in [0.717, 1.165) is 29.5 Å². The summed E-state index contributed by atoms with van der Waals surface area (Å²) < 4.78 is 5.77. The van der Waals surface area contributed by atoms with Crippen LogP contribution in [0.3, 0.4) is 0 Å². The number of aromatic nitrogens is 1. The Hall–Kier alpha value is -3.93. The minimum Gasteiger partial charge on any atom is -0.507 e. The fraction of sp³-hybridized carbons (Fsp3) is 0.250. The highest BCUT2D eigenvalue weighted by atomic mass is 16.5. The number of hydrogen-bond acceptors (Lipinski definition) is 5. The van der Waals surface area contributed by atoms with Crippen LogP contribution in [0.15, 0.2) is 78.6 Å². The molecule has 174 valence electrons. The highest BCUT2D eigenvalue weighted by Gasteiger charge is 2.46. The van der Waals surface area contributed by atoms with E-state index in [4.69, 9.17) is 4.74 Å². The van der Waals surface area contributed by atoms with Crippen LogP contribution in [0.4, 0.5) is 0 Å². The molecule has 0 radical (unpaired) electrons. The summed E-state index contributed by atoms with van der Waals surface area (Å²) in [7, 11) is 0. The number of rotatable bonds is 8. The molecule has 0 bridgehead atoms. The lowest BCUT2D eigenvalue weighted by Crippen LogP contribution is -2.29. The molecule has 1 aromatic heterocycles. The molecule has 1 aliphatic rings. The molecular weight excluding hydrogens is 428 g/mol. The first-order valence-corrected chi connectivity index (χ1v) is 11.5. The minimum atomic E-state index is -0.717. The van der Waals surface area contributed by atoms with Crippen molar-refractivity contribution in [2.24, 2.45) is 0 Å². The number of amides is 1. The molecule has 0 aliphatic carbocycles. The van der Waals surface area contributed by atoms with E-state index in [1.807, 2.05) is 43.3 Å². The number of carbonyl (C=O) groups is 2. The van der Waals surface area contributed by atoms with Crippen LogP contribution in [0.2, 0.25) is 0 Å². The van der Waals surface area contributed by atoms with Crippen molar-refractivity contribution >= 4 is 17.4 Å². The molecule has 2 aromatic carbocycles. The van der Waals surface area contributed by atoms with Gasteiger partial charge in [0.1, 0.15) is 11.5 Å². The largest absolute Gasteiger partial charge is 0.507 e. The Balaban J connectivity index is 1.78. The number of aliphatic hydroxyl groups is 1. The van der Waals surface area contributed by atoms with Crippen LogP contribution in [-0.4, -0.2) is 33.3 Å². The van der Waals surface area contributed by atoms with E-state index < -0.39 is 17.7 Å². The van der Waals surface area contributed by atoms with E-state index in [2.05, 4.69) is 11.9 Å². The molecule has 0 spiro atoms. The number of aliphatic hydroxyl groups excluding tert-OH is 1. The number of unbranched alkanes of at least 4 members (excludes halogenated alkanes) is 1. The third-order valence-electron chi connectivity index (χ3n) is 5.88. The summed E-state index contributed by atoms with van der Waals surface area (Å²) in [5.74, 6) is -0.955. The molecule has 1 amide bonds. The summed E-state index contributed by atoms with van der Waals surface area (Å²) in [6.07, 6.45) is 5.26. The summed E-state index contributed by atoms with van der Waals surface area (Å²) in [6.45, 7) is 4.83. The predicted octanol–water partition coefficient (Wildman–Crippen LogP) is 5.19. The maximum atomic E-state index is 13.2. The van der Waals surface area contributed by atoms with E-state index in [1.165, 1.54) is 4.90 Å². The van der Waals surface area contributed by atoms with Gasteiger partial charge >= 0.3 is 0 Å². The zero-order chi connectivity index (χ0) is 24.1. The van der Waals surface area contributed by atoms with Gasteiger partial charge < -0.3 is 14.7 Å². The van der Waals surface area contributed by atoms with Gasteiger partial charge in [-0.05, 0) is 42.7 Å². The highest BCUT2D eigenvalue weighted by Crippen LogP contribution is 2.40. The SMILES string of the molecule is CCCCOc1cccc(C(O)=C2C(=O)C(=O)N(Cc3cccnc3)C2c2ccc(C)cc2)c1. The second-order valence-electron chi connectivity index (χ2n) is 8.43. The Labute approximate surface area is 199 Å². The zero-order valence-corrected chi connectivity index (χ0v) is 19.4. The number of ketones is 1. The smallest absolute Gasteiger partial charge is 0.295 e. The first kappa shape index (κ1) is 23.2. The number of nitrogens with zero attached hydrogens (tertiary/aromatic N) is 2. The Kier molecular flexibility index (Phi) is 7.07. The first-order valence-electron chi connectivity index (χ1n) is 11.5. The molecule has 2 heterocycles. The average Bonchev–Trinajstić information content (AvgIpc) is 3.10. The molecule has 1 saturated heterocycles. The summed E-state index contributed by atoms with van der Waals surface area (Å²) in [6, 6.07) is 17.6. The topological polar surface area (TPSA) is 79.7 Å². The van der Waals surface area contributed by atoms with Crippen LogP contribution < -0.4 is 4.74 Å². The number of Topliss-reactive ketones (excluding diaryl/α,β-unsaturated/α-hetero) is 1. The maximum Gasteiger partial charge on any atom is 0.295 e. The molecule has 4 rings (SSSR count). The molecule has 1 N–H and O–H groups in total. The third-order valence-corrected chi connectivity index (χ3v) is 5.88. The fourth-order valence-corrected chi connectivity index (χ4v) is 4.05. The van der Waals surface area contributed by atoms with Crippen LogP contribution in [0.1, 0.15) is 48.1 Å². The number of ether oxygens (including phenoxy) is 1. The molecule has 1 atom stereocenters. The molecule has 1 aliphatic heterocycles. The van der Waals surface area contributed by atoms with Crippen LogP contribution >= 0.6 is 0 Å². The van der Waals surface area contributed by atoms with Gasteiger partial charge in [-0.1, -0.05) is 61.4 Å². The molecule has 1 fully saturated rings. The van der Waals surface area contributed by atoms with Crippen molar-refractivity contribution in [3.8, 4) is 5.75 Å². The van der Waals surface area contributed by atoms with E-state index >= 15 is 0 Å². The van der Waals surface area contributed by atoms with Crippen LogP contribution in [0, 0.1) is 6.92 Å². The van der Waals surface area contributed by atoms with E-state index in [0.29, 0.717) is 17.9 Å². The third kappa shape index (κ3) is 4.86. The van der Waals surface area contributed by atoms with Crippen molar-refractivity contribution in [1.82, 2.24) is 9.88 Å². The Morgan fingerprint density at radius 1 is 1.09 bits per heavy atom. The van der Waals surface area contributed by atoms with Crippen LogP contribution in [0.25, 0.3) is 5.76 Å². The molecule has 1 unspecified atom stereocenters. The van der Waals surface area contributed by atoms with E-state index in [1.54, 1.807) is 36.7 Å². The number of hydrogen-bond donors (Lipinski definition) is 1. The van der Waals surface area contributed by atoms with Gasteiger partial charge in [0.25, 0.3) is 11.7 Å². The lowest BCUT2D eigenvalue weighted by atomic mass is 9.94. The predicted molar refractivity (Wildman–Crippen MR) is 130 cm³/mol. The summed E-state index contributed by atoms with van der Waals surface area (Å²) in [4.78, 5) is 32.0. The van der Waals surface area contributed by atoms with Crippen molar-refractivity contribution in [2.75, 3.05) is 6.61 Å². The number of benzene rings is 2. The quantitative estimate of drug-likeness (QED) is 0.218. The summed E-state index contributed by atoms with van der Waals surface area (Å²) in [5.41, 5.74) is 3.12. The number of likely N-dealkylation sites (tertiary alicyclic amines) is 1.